The molecule has 1 N–H and O–H groups in total. The lowest BCUT2D eigenvalue weighted by atomic mass is 10.3. The Hall–Kier alpha value is -1.13. The zero-order chi connectivity index (χ0) is 12.5. The minimum atomic E-state index is -0.177. The topological polar surface area (TPSA) is 24.5 Å². The molecule has 0 radical (unpaired) electrons. The number of ether oxygens (including phenoxy) is 1. The van der Waals surface area contributed by atoms with Crippen molar-refractivity contribution < 1.29 is 9.13 Å². The summed E-state index contributed by atoms with van der Waals surface area (Å²) in [7, 11) is 1.89. The first-order valence-electron chi connectivity index (χ1n) is 5.99. The van der Waals surface area contributed by atoms with Crippen molar-refractivity contribution in [2.75, 3.05) is 44.8 Å². The molecule has 1 aromatic rings. The van der Waals surface area contributed by atoms with Crippen LogP contribution in [0, 0.1) is 5.82 Å². The molecule has 0 fully saturated rings. The van der Waals surface area contributed by atoms with E-state index in [1.54, 1.807) is 12.1 Å². The fraction of sp³-hybridized carbons (Fsp3) is 0.538. The highest BCUT2D eigenvalue weighted by Gasteiger charge is 2.05. The number of likely N-dealkylation sites (N-methyl/N-ethyl adjacent to an activating group) is 1. The summed E-state index contributed by atoms with van der Waals surface area (Å²) >= 11 is 0. The van der Waals surface area contributed by atoms with Crippen LogP contribution in [0.3, 0.4) is 0 Å². The van der Waals surface area contributed by atoms with Gasteiger partial charge in [0.25, 0.3) is 0 Å². The van der Waals surface area contributed by atoms with Gasteiger partial charge in [0, 0.05) is 33.3 Å². The van der Waals surface area contributed by atoms with Crippen molar-refractivity contribution in [3.63, 3.8) is 0 Å². The van der Waals surface area contributed by atoms with E-state index in [0.29, 0.717) is 5.69 Å². The Kier molecular flexibility index (Phi) is 6.58. The molecule has 0 unspecified atom stereocenters. The molecule has 0 heterocycles. The van der Waals surface area contributed by atoms with Crippen LogP contribution >= 0.6 is 0 Å². The SMILES string of the molecule is CCOCCNCCN(C)c1ccccc1F. The number of hydrogen-bond acceptors (Lipinski definition) is 3. The molecule has 0 aliphatic carbocycles. The smallest absolute Gasteiger partial charge is 0.146 e. The molecule has 0 aliphatic heterocycles. The molecule has 0 aliphatic rings. The largest absolute Gasteiger partial charge is 0.380 e. The third-order valence-corrected chi connectivity index (χ3v) is 2.51. The van der Waals surface area contributed by atoms with E-state index in [-0.39, 0.29) is 5.82 Å². The number of anilines is 1. The lowest BCUT2D eigenvalue weighted by molar-refractivity contribution is 0.149. The predicted octanol–water partition coefficient (Wildman–Crippen LogP) is 1.89. The standard InChI is InChI=1S/C13H21FN2O/c1-3-17-11-9-15-8-10-16(2)13-7-5-4-6-12(13)14/h4-7,15H,3,8-11H2,1-2H3. The van der Waals surface area contributed by atoms with Gasteiger partial charge in [-0.25, -0.2) is 4.39 Å². The van der Waals surface area contributed by atoms with Crippen molar-refractivity contribution >= 4 is 5.69 Å². The van der Waals surface area contributed by atoms with Gasteiger partial charge in [0.15, 0.2) is 0 Å². The number of nitrogens with one attached hydrogen (secondary N) is 1. The number of para-hydroxylation sites is 1. The quantitative estimate of drug-likeness (QED) is 0.702. The Balaban J connectivity index is 2.21. The van der Waals surface area contributed by atoms with Gasteiger partial charge in [-0.05, 0) is 19.1 Å². The molecule has 1 aromatic carbocycles. The van der Waals surface area contributed by atoms with E-state index in [4.69, 9.17) is 4.74 Å². The molecule has 0 saturated heterocycles. The van der Waals surface area contributed by atoms with Crippen LogP contribution < -0.4 is 10.2 Å². The molecule has 0 bridgehead atoms. The maximum Gasteiger partial charge on any atom is 0.146 e. The minimum absolute atomic E-state index is 0.177. The van der Waals surface area contributed by atoms with Crippen LogP contribution in [0.4, 0.5) is 10.1 Å². The van der Waals surface area contributed by atoms with E-state index in [1.165, 1.54) is 6.07 Å². The molecule has 17 heavy (non-hydrogen) atoms. The fourth-order valence-corrected chi connectivity index (χ4v) is 1.54. The maximum absolute atomic E-state index is 13.4. The Bertz CT molecular complexity index is 320. The molecule has 4 heteroatoms. The van der Waals surface area contributed by atoms with Gasteiger partial charge >= 0.3 is 0 Å². The highest BCUT2D eigenvalue weighted by Crippen LogP contribution is 2.16. The van der Waals surface area contributed by atoms with Crippen molar-refractivity contribution in [3.05, 3.63) is 30.1 Å². The summed E-state index contributed by atoms with van der Waals surface area (Å²) < 4.78 is 18.6. The van der Waals surface area contributed by atoms with Crippen LogP contribution in [0.1, 0.15) is 6.92 Å². The molecule has 0 atom stereocenters. The van der Waals surface area contributed by atoms with Crippen LogP contribution in [0.2, 0.25) is 0 Å². The molecule has 3 nitrogen and oxygen atoms in total. The first-order valence-corrected chi connectivity index (χ1v) is 5.99. The highest BCUT2D eigenvalue weighted by atomic mass is 19.1. The lowest BCUT2D eigenvalue weighted by Gasteiger charge is -2.20. The average Bonchev–Trinajstić information content (AvgIpc) is 2.34. The zero-order valence-electron chi connectivity index (χ0n) is 10.6. The van der Waals surface area contributed by atoms with Crippen LogP contribution in [-0.2, 0) is 4.74 Å². The maximum atomic E-state index is 13.4. The van der Waals surface area contributed by atoms with E-state index < -0.39 is 0 Å². The van der Waals surface area contributed by atoms with E-state index in [0.717, 1.165) is 32.8 Å². The monoisotopic (exact) mass is 240 g/mol. The summed E-state index contributed by atoms with van der Waals surface area (Å²) in [6.07, 6.45) is 0. The second-order valence-corrected chi connectivity index (χ2v) is 3.82. The molecule has 0 saturated carbocycles. The summed E-state index contributed by atoms with van der Waals surface area (Å²) in [6, 6.07) is 6.81. The van der Waals surface area contributed by atoms with Gasteiger partial charge < -0.3 is 15.0 Å². The van der Waals surface area contributed by atoms with Crippen molar-refractivity contribution in [3.8, 4) is 0 Å². The summed E-state index contributed by atoms with van der Waals surface area (Å²) in [5.74, 6) is -0.177. The number of benzene rings is 1. The predicted molar refractivity (Wildman–Crippen MR) is 69.0 cm³/mol. The first kappa shape index (κ1) is 13.9. The summed E-state index contributed by atoms with van der Waals surface area (Å²) in [6.45, 7) is 5.87. The van der Waals surface area contributed by atoms with Gasteiger partial charge in [0.2, 0.25) is 0 Å². The lowest BCUT2D eigenvalue weighted by Crippen LogP contribution is -2.31. The third kappa shape index (κ3) is 5.15. The molecular weight excluding hydrogens is 219 g/mol. The van der Waals surface area contributed by atoms with Gasteiger partial charge in [-0.1, -0.05) is 12.1 Å². The number of rotatable bonds is 8. The Morgan fingerprint density at radius 3 is 2.76 bits per heavy atom. The van der Waals surface area contributed by atoms with Gasteiger partial charge in [0.1, 0.15) is 5.82 Å². The summed E-state index contributed by atoms with van der Waals surface area (Å²) in [4.78, 5) is 1.91. The summed E-state index contributed by atoms with van der Waals surface area (Å²) in [5.41, 5.74) is 0.638. The molecule has 0 aromatic heterocycles. The Morgan fingerprint density at radius 1 is 1.29 bits per heavy atom. The van der Waals surface area contributed by atoms with Crippen molar-refractivity contribution in [1.29, 1.82) is 0 Å². The molecule has 96 valence electrons. The number of nitrogens with zero attached hydrogens (tertiary/aromatic N) is 1. The zero-order valence-corrected chi connectivity index (χ0v) is 10.6. The van der Waals surface area contributed by atoms with Crippen LogP contribution in [0.5, 0.6) is 0 Å². The molecule has 0 spiro atoms. The Morgan fingerprint density at radius 2 is 2.06 bits per heavy atom. The van der Waals surface area contributed by atoms with Crippen molar-refractivity contribution in [2.24, 2.45) is 0 Å². The fourth-order valence-electron chi connectivity index (χ4n) is 1.54. The van der Waals surface area contributed by atoms with Crippen molar-refractivity contribution in [2.45, 2.75) is 6.92 Å². The number of halogens is 1. The molecule has 1 rings (SSSR count). The van der Waals surface area contributed by atoms with E-state index >= 15 is 0 Å². The average molecular weight is 240 g/mol. The van der Waals surface area contributed by atoms with E-state index in [9.17, 15) is 4.39 Å². The van der Waals surface area contributed by atoms with Gasteiger partial charge in [-0.15, -0.1) is 0 Å². The van der Waals surface area contributed by atoms with Crippen molar-refractivity contribution in [1.82, 2.24) is 5.32 Å². The second kappa shape index (κ2) is 8.03. The van der Waals surface area contributed by atoms with E-state index in [1.807, 2.05) is 24.9 Å². The van der Waals surface area contributed by atoms with Gasteiger partial charge in [-0.2, -0.15) is 0 Å². The highest BCUT2D eigenvalue weighted by molar-refractivity contribution is 5.46. The second-order valence-electron chi connectivity index (χ2n) is 3.82. The van der Waals surface area contributed by atoms with Crippen LogP contribution in [-0.4, -0.2) is 39.9 Å². The third-order valence-electron chi connectivity index (χ3n) is 2.51. The van der Waals surface area contributed by atoms with E-state index in [2.05, 4.69) is 5.32 Å². The normalized spacial score (nSPS) is 10.5. The van der Waals surface area contributed by atoms with Gasteiger partial charge in [-0.3, -0.25) is 0 Å². The summed E-state index contributed by atoms with van der Waals surface area (Å²) in [5, 5.41) is 3.25. The minimum Gasteiger partial charge on any atom is -0.380 e. The van der Waals surface area contributed by atoms with Gasteiger partial charge in [0.05, 0.1) is 12.3 Å². The number of hydrogen-bond donors (Lipinski definition) is 1. The van der Waals surface area contributed by atoms with Crippen LogP contribution in [0.25, 0.3) is 0 Å². The van der Waals surface area contributed by atoms with Crippen LogP contribution in [0.15, 0.2) is 24.3 Å². The Labute approximate surface area is 103 Å². The molecule has 0 amide bonds. The first-order chi connectivity index (χ1) is 8.25. The molecular formula is C13H21FN2O.